The Kier molecular flexibility index (Phi) is 15.8. The lowest BCUT2D eigenvalue weighted by atomic mass is 9.90. The Hall–Kier alpha value is -9.80. The second-order valence-corrected chi connectivity index (χ2v) is 24.0. The molecular formula is C52H40N8O20S4. The van der Waals surface area contributed by atoms with Crippen LogP contribution in [0, 0.1) is 0 Å². The van der Waals surface area contributed by atoms with Gasteiger partial charge in [-0.3, -0.25) is 18.2 Å². The third-order valence-electron chi connectivity index (χ3n) is 12.7. The average Bonchev–Trinajstić information content (AvgIpc) is 3.63. The van der Waals surface area contributed by atoms with E-state index in [9.17, 15) is 92.7 Å². The van der Waals surface area contributed by atoms with Crippen molar-refractivity contribution in [1.29, 1.82) is 0 Å². The zero-order chi connectivity index (χ0) is 60.8. The molecule has 8 aromatic rings. The molecule has 432 valence electrons. The maximum absolute atomic E-state index is 12.0. The van der Waals surface area contributed by atoms with Crippen LogP contribution < -0.4 is 0 Å². The van der Waals surface area contributed by atoms with Crippen molar-refractivity contribution >= 4 is 86.0 Å². The summed E-state index contributed by atoms with van der Waals surface area (Å²) in [6.07, 6.45) is -2.28. The van der Waals surface area contributed by atoms with E-state index >= 15 is 0 Å². The highest BCUT2D eigenvalue weighted by molar-refractivity contribution is 7.86. The summed E-state index contributed by atoms with van der Waals surface area (Å²) in [7, 11) is -18.6. The van der Waals surface area contributed by atoms with Gasteiger partial charge in [-0.05, 0) is 121 Å². The first kappa shape index (κ1) is 58.8. The van der Waals surface area contributed by atoms with Crippen LogP contribution in [0.1, 0.15) is 44.5 Å². The van der Waals surface area contributed by atoms with Crippen LogP contribution in [0.3, 0.4) is 0 Å². The van der Waals surface area contributed by atoms with Gasteiger partial charge in [0.2, 0.25) is 0 Å². The number of fused-ring (bicyclic) bond motifs is 8. The van der Waals surface area contributed by atoms with Crippen LogP contribution in [0.4, 0.5) is 45.5 Å². The zero-order valence-corrected chi connectivity index (χ0v) is 45.5. The van der Waals surface area contributed by atoms with Crippen LogP contribution in [0.5, 0.6) is 46.0 Å². The molecule has 1 aliphatic carbocycles. The van der Waals surface area contributed by atoms with E-state index in [1.54, 1.807) is 0 Å². The van der Waals surface area contributed by atoms with E-state index < -0.39 is 154 Å². The van der Waals surface area contributed by atoms with Crippen LogP contribution in [0.25, 0.3) is 0 Å². The average molecular weight is 1230 g/mol. The number of hydrogen-bond acceptors (Lipinski definition) is 24. The molecule has 12 N–H and O–H groups in total. The van der Waals surface area contributed by atoms with E-state index in [2.05, 4.69) is 40.9 Å². The molecule has 0 heterocycles. The highest BCUT2D eigenvalue weighted by Crippen LogP contribution is 2.52. The number of hydrogen-bond donors (Lipinski definition) is 12. The minimum atomic E-state index is -4.64. The molecule has 28 nitrogen and oxygen atoms in total. The number of benzene rings is 8. The fourth-order valence-electron chi connectivity index (χ4n) is 8.50. The Labute approximate surface area is 474 Å². The highest BCUT2D eigenvalue weighted by Gasteiger charge is 2.28. The van der Waals surface area contributed by atoms with Crippen molar-refractivity contribution in [2.24, 2.45) is 40.9 Å². The molecule has 0 fully saturated rings. The predicted octanol–water partition coefficient (Wildman–Crippen LogP) is 10.7. The van der Waals surface area contributed by atoms with Gasteiger partial charge in [0.25, 0.3) is 40.5 Å². The van der Waals surface area contributed by atoms with Crippen molar-refractivity contribution in [2.75, 3.05) is 0 Å². The summed E-state index contributed by atoms with van der Waals surface area (Å²) in [6.45, 7) is 0. The van der Waals surface area contributed by atoms with E-state index in [0.29, 0.717) is 0 Å². The molecule has 9 rings (SSSR count). The van der Waals surface area contributed by atoms with Gasteiger partial charge < -0.3 is 40.9 Å². The predicted molar refractivity (Wildman–Crippen MR) is 292 cm³/mol. The first-order valence-corrected chi connectivity index (χ1v) is 29.4. The van der Waals surface area contributed by atoms with Crippen LogP contribution >= 0.6 is 0 Å². The first-order chi connectivity index (χ1) is 39.4. The minimum absolute atomic E-state index is 0.0665. The van der Waals surface area contributed by atoms with Crippen molar-refractivity contribution in [2.45, 2.75) is 45.3 Å². The summed E-state index contributed by atoms with van der Waals surface area (Å²) in [5, 5.41) is 128. The molecule has 0 aliphatic heterocycles. The molecule has 8 aromatic carbocycles. The standard InChI is InChI=1S/C52H40N8O20S4/c61-45-25-17-26(46(62)41(45)57-53-33-1-9-37(10-2-33)81(69,70)71)22-28-19-30(50(66)43(48(28)64)59-55-35-5-13-39(14-6-35)83(75,76)77)24-32-20-31(51(67)44(52(32)68)60-56-36-7-15-40(16-8-36)84(78,79)80)23-29-18-27(21-25)47(63)42(49(29)65)58-54-34-3-11-38(12-4-34)82(72,73)74/h1-20,61-68H,21-24H2,(H,69,70,71)(H,72,73,74)(H,75,76,77)(H,78,79,80). The van der Waals surface area contributed by atoms with Crippen molar-refractivity contribution in [3.63, 3.8) is 0 Å². The molecule has 1 aliphatic rings. The zero-order valence-electron chi connectivity index (χ0n) is 42.2. The van der Waals surface area contributed by atoms with E-state index in [1.165, 1.54) is 24.3 Å². The minimum Gasteiger partial charge on any atom is -0.505 e. The Morgan fingerprint density at radius 3 is 0.512 bits per heavy atom. The Bertz CT molecular complexity index is 3910. The van der Waals surface area contributed by atoms with Gasteiger partial charge in [0, 0.05) is 70.2 Å². The van der Waals surface area contributed by atoms with Gasteiger partial charge in [-0.1, -0.05) is 0 Å². The smallest absolute Gasteiger partial charge is 0.294 e. The van der Waals surface area contributed by atoms with Gasteiger partial charge in [0.15, 0.2) is 22.7 Å². The summed E-state index contributed by atoms with van der Waals surface area (Å²) in [5.41, 5.74) is -4.24. The summed E-state index contributed by atoms with van der Waals surface area (Å²) in [6, 6.07) is 21.8. The summed E-state index contributed by atoms with van der Waals surface area (Å²) >= 11 is 0. The van der Waals surface area contributed by atoms with Crippen molar-refractivity contribution in [3.8, 4) is 46.0 Å². The van der Waals surface area contributed by atoms with Crippen LogP contribution in [0.2, 0.25) is 0 Å². The van der Waals surface area contributed by atoms with Gasteiger partial charge in [-0.2, -0.15) is 54.1 Å². The Balaban J connectivity index is 1.29. The summed E-state index contributed by atoms with van der Waals surface area (Å²) in [4.78, 5) is -2.03. The number of rotatable bonds is 12. The van der Waals surface area contributed by atoms with Crippen LogP contribution in [-0.4, -0.2) is 92.7 Å². The van der Waals surface area contributed by atoms with E-state index in [0.717, 1.165) is 97.1 Å². The largest absolute Gasteiger partial charge is 0.505 e. The van der Waals surface area contributed by atoms with Crippen molar-refractivity contribution < 1.29 is 92.7 Å². The number of azo groups is 4. The molecule has 32 heteroatoms. The molecule has 0 aromatic heterocycles. The number of phenolic OH excluding ortho intramolecular Hbond substituents is 8. The lowest BCUT2D eigenvalue weighted by Gasteiger charge is -2.19. The maximum atomic E-state index is 12.0. The first-order valence-electron chi connectivity index (χ1n) is 23.7. The number of phenols is 8. The summed E-state index contributed by atoms with van der Waals surface area (Å²) < 4.78 is 132. The van der Waals surface area contributed by atoms with E-state index in [-0.39, 0.29) is 67.3 Å². The van der Waals surface area contributed by atoms with Crippen molar-refractivity contribution in [3.05, 3.63) is 166 Å². The second-order valence-electron chi connectivity index (χ2n) is 18.3. The quantitative estimate of drug-likeness (QED) is 0.0399. The molecule has 0 saturated carbocycles. The SMILES string of the molecule is O=S(=O)(O)c1ccc(N=Nc2c(O)c3cc(c2O)Cc2cc(c(O)c(N=Nc4ccc(S(=O)(=O)O)cc4)c2O)Cc2cc(c(O)c(N=Nc4ccc(S(=O)(=O)O)cc4)c2O)Cc2cc(c(O)c(N=Nc4ccc(S(=O)(=O)O)cc4)c2O)C3)cc1. The second kappa shape index (κ2) is 22.5. The monoisotopic (exact) mass is 1220 g/mol. The molecule has 0 amide bonds. The molecule has 84 heavy (non-hydrogen) atoms. The highest BCUT2D eigenvalue weighted by atomic mass is 32.2. The van der Waals surface area contributed by atoms with Crippen LogP contribution in [-0.2, 0) is 66.2 Å². The van der Waals surface area contributed by atoms with Crippen molar-refractivity contribution in [1.82, 2.24) is 0 Å². The molecule has 0 spiro atoms. The summed E-state index contributed by atoms with van der Waals surface area (Å²) in [5.74, 6) is -6.33. The topological polar surface area (TPSA) is 478 Å². The van der Waals surface area contributed by atoms with Crippen LogP contribution in [0.15, 0.2) is 182 Å². The molecule has 0 saturated heterocycles. The normalized spacial score (nSPS) is 13.4. The van der Waals surface area contributed by atoms with Gasteiger partial charge in [0.1, 0.15) is 46.0 Å². The Morgan fingerprint density at radius 1 is 0.238 bits per heavy atom. The fourth-order valence-corrected chi connectivity index (χ4v) is 10.4. The maximum Gasteiger partial charge on any atom is 0.294 e. The molecule has 0 unspecified atom stereocenters. The van der Waals surface area contributed by atoms with E-state index in [1.807, 2.05) is 0 Å². The fraction of sp³-hybridized carbons (Fsp3) is 0.0769. The lowest BCUT2D eigenvalue weighted by molar-refractivity contribution is 0.438. The van der Waals surface area contributed by atoms with Gasteiger partial charge >= 0.3 is 0 Å². The van der Waals surface area contributed by atoms with E-state index in [4.69, 9.17) is 0 Å². The molecule has 0 atom stereocenters. The third kappa shape index (κ3) is 12.6. The number of aromatic hydroxyl groups is 8. The molecular weight excluding hydrogens is 1180 g/mol. The lowest BCUT2D eigenvalue weighted by Crippen LogP contribution is -2.01. The third-order valence-corrected chi connectivity index (χ3v) is 16.2. The van der Waals surface area contributed by atoms with Gasteiger partial charge in [-0.15, -0.1) is 20.5 Å². The van der Waals surface area contributed by atoms with Gasteiger partial charge in [0.05, 0.1) is 42.3 Å². The molecule has 8 bridgehead atoms. The van der Waals surface area contributed by atoms with Gasteiger partial charge in [-0.25, -0.2) is 0 Å². The molecule has 0 radical (unpaired) electrons. The number of nitrogens with zero attached hydrogens (tertiary/aromatic N) is 8. The Morgan fingerprint density at radius 2 is 0.381 bits per heavy atom.